The Morgan fingerprint density at radius 3 is 2.52 bits per heavy atom. The Labute approximate surface area is 190 Å². The van der Waals surface area contributed by atoms with Gasteiger partial charge in [-0.3, -0.25) is 8.98 Å². The van der Waals surface area contributed by atoms with Crippen LogP contribution in [0.5, 0.6) is 0 Å². The summed E-state index contributed by atoms with van der Waals surface area (Å²) < 4.78 is 47.1. The fraction of sp³-hybridized carbons (Fsp3) is 0.812. The minimum absolute atomic E-state index is 0. The summed E-state index contributed by atoms with van der Waals surface area (Å²) in [4.78, 5) is 12.2. The number of carbonyl (C=O) groups is 1. The van der Waals surface area contributed by atoms with E-state index in [1.807, 2.05) is 0 Å². The molecule has 2 aliphatic carbocycles. The molecular formula is C16H24NNaO10S. The smallest absolute Gasteiger partial charge is 0.726 e. The standard InChI is InChI=1S/C16H25NO10S.Na/c18-7-11-12(19)14(27-28(22,23)24)13(20)16(26-11)25-4-3-17-15(21)10-6-8-1-2-9(10)5-8;/h1-2,8-14,16,18-20H,3-7H2,(H,17,21)(H,22,23,24);/q;+1/p-1. The Balaban J connectivity index is 0.00000300. The molecule has 29 heavy (non-hydrogen) atoms. The predicted octanol–water partition coefficient (Wildman–Crippen LogP) is -5.38. The number of hydrogen-bond acceptors (Lipinski definition) is 10. The Hall–Kier alpha value is -0.120. The van der Waals surface area contributed by atoms with Crippen LogP contribution in [-0.2, 0) is 28.9 Å². The molecule has 1 aliphatic heterocycles. The summed E-state index contributed by atoms with van der Waals surface area (Å²) in [6.07, 6.45) is -2.19. The number of amides is 1. The van der Waals surface area contributed by atoms with Crippen LogP contribution in [-0.4, -0.2) is 84.7 Å². The van der Waals surface area contributed by atoms with Crippen molar-refractivity contribution in [3.8, 4) is 0 Å². The van der Waals surface area contributed by atoms with E-state index in [0.717, 1.165) is 12.8 Å². The van der Waals surface area contributed by atoms with Crippen molar-refractivity contribution < 1.29 is 76.3 Å². The van der Waals surface area contributed by atoms with Gasteiger partial charge in [0.05, 0.1) is 13.2 Å². The Bertz CT molecular complexity index is 704. The average Bonchev–Trinajstić information content (AvgIpc) is 3.26. The first kappa shape index (κ1) is 25.1. The summed E-state index contributed by atoms with van der Waals surface area (Å²) in [5.41, 5.74) is 0. The largest absolute Gasteiger partial charge is 1.00 e. The van der Waals surface area contributed by atoms with E-state index in [9.17, 15) is 33.1 Å². The number of carbonyl (C=O) groups excluding carboxylic acids is 1. The van der Waals surface area contributed by atoms with Crippen molar-refractivity contribution in [1.29, 1.82) is 0 Å². The third-order valence-electron chi connectivity index (χ3n) is 5.35. The summed E-state index contributed by atoms with van der Waals surface area (Å²) in [5.74, 6) is 0.556. The molecule has 1 heterocycles. The van der Waals surface area contributed by atoms with Gasteiger partial charge in [0.2, 0.25) is 16.3 Å². The fourth-order valence-corrected chi connectivity index (χ4v) is 4.50. The minimum atomic E-state index is -5.22. The van der Waals surface area contributed by atoms with Crippen molar-refractivity contribution in [2.24, 2.45) is 17.8 Å². The molecule has 2 bridgehead atoms. The van der Waals surface area contributed by atoms with Crippen molar-refractivity contribution in [2.75, 3.05) is 19.8 Å². The van der Waals surface area contributed by atoms with Gasteiger partial charge in [0.15, 0.2) is 6.29 Å². The number of ether oxygens (including phenoxy) is 2. The van der Waals surface area contributed by atoms with Gasteiger partial charge in [0, 0.05) is 12.5 Å². The number of rotatable bonds is 8. The molecule has 1 saturated heterocycles. The van der Waals surface area contributed by atoms with Crippen LogP contribution in [0.2, 0.25) is 0 Å². The van der Waals surface area contributed by atoms with Crippen LogP contribution in [0.25, 0.3) is 0 Å². The first-order chi connectivity index (χ1) is 13.2. The predicted molar refractivity (Wildman–Crippen MR) is 90.1 cm³/mol. The maximum atomic E-state index is 12.2. The van der Waals surface area contributed by atoms with E-state index in [4.69, 9.17) is 9.47 Å². The number of aliphatic hydroxyl groups is 3. The van der Waals surface area contributed by atoms with Gasteiger partial charge >= 0.3 is 29.6 Å². The summed E-state index contributed by atoms with van der Waals surface area (Å²) in [7, 11) is -5.22. The third kappa shape index (κ3) is 6.20. The van der Waals surface area contributed by atoms with Crippen molar-refractivity contribution >= 4 is 16.3 Å². The van der Waals surface area contributed by atoms with Crippen LogP contribution in [0.1, 0.15) is 12.8 Å². The molecule has 0 aromatic carbocycles. The number of hydrogen-bond donors (Lipinski definition) is 4. The molecule has 8 unspecified atom stereocenters. The molecule has 13 heteroatoms. The van der Waals surface area contributed by atoms with Gasteiger partial charge in [-0.2, -0.15) is 0 Å². The van der Waals surface area contributed by atoms with Crippen LogP contribution in [0.3, 0.4) is 0 Å². The molecule has 3 aliphatic rings. The number of nitrogens with one attached hydrogen (secondary N) is 1. The van der Waals surface area contributed by atoms with Crippen molar-refractivity contribution in [3.63, 3.8) is 0 Å². The molecule has 1 amide bonds. The van der Waals surface area contributed by atoms with E-state index in [0.29, 0.717) is 5.92 Å². The zero-order valence-electron chi connectivity index (χ0n) is 15.9. The van der Waals surface area contributed by atoms with Crippen molar-refractivity contribution in [2.45, 2.75) is 43.5 Å². The fourth-order valence-electron chi connectivity index (χ4n) is 4.00. The summed E-state index contributed by atoms with van der Waals surface area (Å²) >= 11 is 0. The molecule has 0 aromatic heterocycles. The average molecular weight is 445 g/mol. The van der Waals surface area contributed by atoms with Crippen LogP contribution >= 0.6 is 0 Å². The zero-order valence-corrected chi connectivity index (χ0v) is 18.7. The van der Waals surface area contributed by atoms with Gasteiger partial charge in [-0.25, -0.2) is 8.42 Å². The zero-order chi connectivity index (χ0) is 20.5. The number of allylic oxidation sites excluding steroid dienone is 2. The van der Waals surface area contributed by atoms with Gasteiger partial charge in [-0.15, -0.1) is 0 Å². The topological polar surface area (TPSA) is 175 Å². The molecule has 160 valence electrons. The quantitative estimate of drug-likeness (QED) is 0.0928. The molecule has 0 radical (unpaired) electrons. The molecule has 0 aromatic rings. The van der Waals surface area contributed by atoms with E-state index >= 15 is 0 Å². The molecule has 2 fully saturated rings. The summed E-state index contributed by atoms with van der Waals surface area (Å²) in [6, 6.07) is 0. The molecular weight excluding hydrogens is 421 g/mol. The monoisotopic (exact) mass is 445 g/mol. The summed E-state index contributed by atoms with van der Waals surface area (Å²) in [6.45, 7) is -0.697. The molecule has 0 spiro atoms. The number of aliphatic hydroxyl groups excluding tert-OH is 3. The second kappa shape index (κ2) is 10.5. The van der Waals surface area contributed by atoms with Crippen LogP contribution in [0, 0.1) is 17.8 Å². The Morgan fingerprint density at radius 1 is 1.24 bits per heavy atom. The van der Waals surface area contributed by atoms with Crippen LogP contribution < -0.4 is 34.9 Å². The van der Waals surface area contributed by atoms with Gasteiger partial charge in [-0.1, -0.05) is 12.2 Å². The molecule has 8 atom stereocenters. The van der Waals surface area contributed by atoms with E-state index in [-0.39, 0.29) is 60.5 Å². The Kier molecular flexibility index (Phi) is 9.07. The first-order valence-corrected chi connectivity index (χ1v) is 10.4. The third-order valence-corrected chi connectivity index (χ3v) is 5.81. The van der Waals surface area contributed by atoms with E-state index in [2.05, 4.69) is 21.7 Å². The first-order valence-electron chi connectivity index (χ1n) is 9.04. The maximum absolute atomic E-state index is 12.2. The van der Waals surface area contributed by atoms with E-state index < -0.39 is 47.7 Å². The van der Waals surface area contributed by atoms with Gasteiger partial charge in [0.25, 0.3) is 0 Å². The van der Waals surface area contributed by atoms with Crippen molar-refractivity contribution in [1.82, 2.24) is 5.32 Å². The van der Waals surface area contributed by atoms with Gasteiger partial charge in [-0.05, 0) is 24.7 Å². The molecule has 11 nitrogen and oxygen atoms in total. The number of fused-ring (bicyclic) bond motifs is 2. The molecule has 1 saturated carbocycles. The normalized spacial score (nSPS) is 38.6. The van der Waals surface area contributed by atoms with Crippen molar-refractivity contribution in [3.05, 3.63) is 12.2 Å². The van der Waals surface area contributed by atoms with Gasteiger partial charge < -0.3 is 34.7 Å². The minimum Gasteiger partial charge on any atom is -0.726 e. The van der Waals surface area contributed by atoms with Gasteiger partial charge in [0.1, 0.15) is 24.4 Å². The van der Waals surface area contributed by atoms with Crippen LogP contribution in [0.4, 0.5) is 0 Å². The summed E-state index contributed by atoms with van der Waals surface area (Å²) in [5, 5.41) is 32.0. The van der Waals surface area contributed by atoms with E-state index in [1.54, 1.807) is 0 Å². The second-order valence-electron chi connectivity index (χ2n) is 7.22. The maximum Gasteiger partial charge on any atom is 1.00 e. The second-order valence-corrected chi connectivity index (χ2v) is 8.23. The molecule has 3 rings (SSSR count). The van der Waals surface area contributed by atoms with Crippen LogP contribution in [0.15, 0.2) is 12.2 Å². The van der Waals surface area contributed by atoms with E-state index in [1.165, 1.54) is 0 Å². The Morgan fingerprint density at radius 2 is 1.97 bits per heavy atom. The SMILES string of the molecule is O=C(NCCOC1OC(CO)C(O)C(OS(=O)(=O)[O-])C1O)C1CC2C=CC1C2.[Na+]. The molecule has 4 N–H and O–H groups in total.